The number of carbonyl (C=O) groups is 2. The molecule has 1 N–H and O–H groups in total. The molecule has 1 amide bonds. The molecular weight excluding hydrogens is 438 g/mol. The smallest absolute Gasteiger partial charge is 0.222 e. The zero-order chi connectivity index (χ0) is 24.2. The second kappa shape index (κ2) is 8.76. The van der Waals surface area contributed by atoms with Gasteiger partial charge in [0.2, 0.25) is 5.91 Å². The lowest BCUT2D eigenvalue weighted by Gasteiger charge is -2.49. The average Bonchev–Trinajstić information content (AvgIpc) is 3.38. The van der Waals surface area contributed by atoms with Crippen molar-refractivity contribution in [3.05, 3.63) is 47.2 Å². The molecule has 5 aliphatic rings. The van der Waals surface area contributed by atoms with Crippen LogP contribution in [0.4, 0.5) is 0 Å². The number of allylic oxidation sites excluding steroid dienone is 1. The van der Waals surface area contributed by atoms with E-state index in [2.05, 4.69) is 36.1 Å². The summed E-state index contributed by atoms with van der Waals surface area (Å²) >= 11 is 0. The van der Waals surface area contributed by atoms with Crippen molar-refractivity contribution in [2.24, 2.45) is 28.6 Å². The number of amides is 1. The van der Waals surface area contributed by atoms with Gasteiger partial charge < -0.3 is 14.7 Å². The number of aryl methyl sites for hydroxylation is 1. The van der Waals surface area contributed by atoms with Crippen molar-refractivity contribution in [3.8, 4) is 0 Å². The molecule has 2 saturated heterocycles. The number of benzene rings is 1. The number of Topliss-reactive ketones (excluding diaryl/α,β-unsaturated/α-hetero) is 1. The van der Waals surface area contributed by atoms with Crippen LogP contribution in [0.5, 0.6) is 0 Å². The summed E-state index contributed by atoms with van der Waals surface area (Å²) in [6.45, 7) is 5.45. The van der Waals surface area contributed by atoms with E-state index in [4.69, 9.17) is 4.74 Å². The molecule has 4 fully saturated rings. The minimum absolute atomic E-state index is 0.0286. The van der Waals surface area contributed by atoms with Gasteiger partial charge in [0.15, 0.2) is 5.78 Å². The fourth-order valence-electron chi connectivity index (χ4n) is 8.76. The molecule has 5 heteroatoms. The highest BCUT2D eigenvalue weighted by molar-refractivity contribution is 6.03. The Balaban J connectivity index is 1.21. The van der Waals surface area contributed by atoms with E-state index in [0.29, 0.717) is 30.3 Å². The number of hydrogen-bond donors (Lipinski definition) is 1. The first-order valence-corrected chi connectivity index (χ1v) is 13.8. The maximum absolute atomic E-state index is 13.6. The summed E-state index contributed by atoms with van der Waals surface area (Å²) < 4.78 is 5.56. The first-order chi connectivity index (χ1) is 17.0. The fourth-order valence-corrected chi connectivity index (χ4v) is 8.76. The summed E-state index contributed by atoms with van der Waals surface area (Å²) in [5.74, 6) is 1.43. The van der Waals surface area contributed by atoms with Gasteiger partial charge in [-0.25, -0.2) is 0 Å². The zero-order valence-electron chi connectivity index (χ0n) is 21.0. The summed E-state index contributed by atoms with van der Waals surface area (Å²) in [5.41, 5.74) is 3.33. The van der Waals surface area contributed by atoms with Gasteiger partial charge in [-0.2, -0.15) is 0 Å². The summed E-state index contributed by atoms with van der Waals surface area (Å²) in [5, 5.41) is 10.2. The van der Waals surface area contributed by atoms with Crippen LogP contribution in [0.15, 0.2) is 36.1 Å². The Hall–Kier alpha value is -2.14. The Morgan fingerprint density at radius 3 is 2.77 bits per heavy atom. The summed E-state index contributed by atoms with van der Waals surface area (Å²) in [6.07, 6.45) is 9.44. The molecule has 1 aromatic carbocycles. The summed E-state index contributed by atoms with van der Waals surface area (Å²) in [6, 6.07) is 8.82. The van der Waals surface area contributed by atoms with E-state index in [1.807, 2.05) is 0 Å². The SMILES string of the molecule is C[C@]12CCC3c4ccccc4CCC3C1[C@H](CCC(=O)N1CCC3(CCOCC3)C1)/C(=C/O)C2=O. The summed E-state index contributed by atoms with van der Waals surface area (Å²) in [4.78, 5) is 29.0. The molecule has 3 aliphatic carbocycles. The van der Waals surface area contributed by atoms with Gasteiger partial charge in [0.25, 0.3) is 0 Å². The van der Waals surface area contributed by atoms with Crippen LogP contribution in [0.3, 0.4) is 0 Å². The van der Waals surface area contributed by atoms with Gasteiger partial charge in [0, 0.05) is 43.7 Å². The predicted molar refractivity (Wildman–Crippen MR) is 134 cm³/mol. The highest BCUT2D eigenvalue weighted by atomic mass is 16.5. The molecule has 6 rings (SSSR count). The number of likely N-dealkylation sites (tertiary alicyclic amines) is 1. The highest BCUT2D eigenvalue weighted by Crippen LogP contribution is 2.63. The molecule has 5 nitrogen and oxygen atoms in total. The lowest BCUT2D eigenvalue weighted by atomic mass is 9.54. The van der Waals surface area contributed by atoms with Gasteiger partial charge in [-0.3, -0.25) is 9.59 Å². The quantitative estimate of drug-likeness (QED) is 0.480. The number of aliphatic hydroxyl groups excluding tert-OH is 1. The lowest BCUT2D eigenvalue weighted by Crippen LogP contribution is -2.44. The number of carbonyl (C=O) groups excluding carboxylic acids is 2. The van der Waals surface area contributed by atoms with Crippen molar-refractivity contribution in [1.29, 1.82) is 0 Å². The topological polar surface area (TPSA) is 66.8 Å². The predicted octanol–water partition coefficient (Wildman–Crippen LogP) is 5.20. The van der Waals surface area contributed by atoms with Crippen LogP contribution in [0.2, 0.25) is 0 Å². The fraction of sp³-hybridized carbons (Fsp3) is 0.667. The van der Waals surface area contributed by atoms with Crippen molar-refractivity contribution in [2.75, 3.05) is 26.3 Å². The van der Waals surface area contributed by atoms with Crippen molar-refractivity contribution < 1.29 is 19.4 Å². The number of hydrogen-bond acceptors (Lipinski definition) is 4. The van der Waals surface area contributed by atoms with Crippen LogP contribution in [-0.4, -0.2) is 48.0 Å². The van der Waals surface area contributed by atoms with Gasteiger partial charge in [0.1, 0.15) is 0 Å². The largest absolute Gasteiger partial charge is 0.515 e. The number of ketones is 1. The van der Waals surface area contributed by atoms with E-state index in [9.17, 15) is 14.7 Å². The number of ether oxygens (including phenoxy) is 1. The van der Waals surface area contributed by atoms with Gasteiger partial charge in [-0.15, -0.1) is 0 Å². The Morgan fingerprint density at radius 1 is 1.17 bits per heavy atom. The van der Waals surface area contributed by atoms with E-state index in [1.165, 1.54) is 11.1 Å². The Kier molecular flexibility index (Phi) is 5.82. The molecule has 1 aromatic rings. The van der Waals surface area contributed by atoms with Crippen molar-refractivity contribution in [3.63, 3.8) is 0 Å². The average molecular weight is 478 g/mol. The minimum Gasteiger partial charge on any atom is -0.515 e. The highest BCUT2D eigenvalue weighted by Gasteiger charge is 2.60. The number of fused-ring (bicyclic) bond motifs is 5. The van der Waals surface area contributed by atoms with Crippen LogP contribution in [-0.2, 0) is 20.7 Å². The molecular formula is C30H39NO4. The van der Waals surface area contributed by atoms with Crippen LogP contribution in [0, 0.1) is 28.6 Å². The molecule has 3 unspecified atom stereocenters. The van der Waals surface area contributed by atoms with Gasteiger partial charge in [-0.05, 0) is 91.6 Å². The second-order valence-corrected chi connectivity index (χ2v) is 12.2. The van der Waals surface area contributed by atoms with Crippen LogP contribution < -0.4 is 0 Å². The third-order valence-electron chi connectivity index (χ3n) is 10.7. The van der Waals surface area contributed by atoms with Gasteiger partial charge >= 0.3 is 0 Å². The monoisotopic (exact) mass is 477 g/mol. The van der Waals surface area contributed by atoms with E-state index >= 15 is 0 Å². The molecule has 0 aromatic heterocycles. The third kappa shape index (κ3) is 3.68. The Labute approximate surface area is 208 Å². The number of rotatable bonds is 3. The van der Waals surface area contributed by atoms with E-state index in [0.717, 1.165) is 77.5 Å². The molecule has 0 radical (unpaired) electrons. The third-order valence-corrected chi connectivity index (χ3v) is 10.7. The summed E-state index contributed by atoms with van der Waals surface area (Å²) in [7, 11) is 0. The minimum atomic E-state index is -0.421. The van der Waals surface area contributed by atoms with Crippen molar-refractivity contribution in [1.82, 2.24) is 4.90 Å². The molecule has 0 bridgehead atoms. The van der Waals surface area contributed by atoms with E-state index < -0.39 is 5.41 Å². The molecule has 2 aliphatic heterocycles. The lowest BCUT2D eigenvalue weighted by molar-refractivity contribution is -0.131. The van der Waals surface area contributed by atoms with Gasteiger partial charge in [0.05, 0.1) is 6.26 Å². The van der Waals surface area contributed by atoms with E-state index in [-0.39, 0.29) is 28.9 Å². The molecule has 35 heavy (non-hydrogen) atoms. The van der Waals surface area contributed by atoms with Crippen LogP contribution in [0.1, 0.15) is 75.3 Å². The Bertz CT molecular complexity index is 1040. The number of nitrogens with zero attached hydrogens (tertiary/aromatic N) is 1. The van der Waals surface area contributed by atoms with Crippen LogP contribution >= 0.6 is 0 Å². The second-order valence-electron chi connectivity index (χ2n) is 12.2. The van der Waals surface area contributed by atoms with Crippen LogP contribution in [0.25, 0.3) is 0 Å². The molecule has 1 spiro atoms. The Morgan fingerprint density at radius 2 is 1.97 bits per heavy atom. The van der Waals surface area contributed by atoms with E-state index in [1.54, 1.807) is 0 Å². The number of aliphatic hydroxyl groups is 1. The normalized spacial score (nSPS) is 36.8. The standard InChI is InChI=1S/C30H39NO4/c1-29-11-10-22-21-5-3-2-4-20(21)6-7-23(22)27(29)24(25(18-32)28(29)34)8-9-26(33)31-15-12-30(19-31)13-16-35-17-14-30/h2-5,18,22-24,27,32H,6-17,19H2,1H3/b25-18-/t22?,23?,24-,27?,29+/m1/s1. The first-order valence-electron chi connectivity index (χ1n) is 13.8. The molecule has 188 valence electrons. The molecule has 5 atom stereocenters. The first kappa shape index (κ1) is 23.3. The molecule has 2 heterocycles. The maximum atomic E-state index is 13.6. The zero-order valence-corrected chi connectivity index (χ0v) is 21.0. The molecule has 2 saturated carbocycles. The maximum Gasteiger partial charge on any atom is 0.222 e. The van der Waals surface area contributed by atoms with Gasteiger partial charge in [-0.1, -0.05) is 31.2 Å². The van der Waals surface area contributed by atoms with Crippen molar-refractivity contribution in [2.45, 2.75) is 70.6 Å². The van der Waals surface area contributed by atoms with Crippen molar-refractivity contribution >= 4 is 11.7 Å².